The first kappa shape index (κ1) is 19.7. The number of nitrogens with zero attached hydrogens (tertiary/aromatic N) is 1. The Bertz CT molecular complexity index is 1010. The monoisotopic (exact) mass is 397 g/mol. The van der Waals surface area contributed by atoms with Crippen molar-refractivity contribution in [1.82, 2.24) is 4.98 Å². The topological polar surface area (TPSA) is 71.1 Å². The number of amides is 2. The van der Waals surface area contributed by atoms with E-state index in [0.29, 0.717) is 11.6 Å². The zero-order valence-electron chi connectivity index (χ0n) is 15.7. The molecule has 0 aliphatic rings. The van der Waals surface area contributed by atoms with Crippen LogP contribution in [0.5, 0.6) is 0 Å². The maximum absolute atomic E-state index is 13.7. The summed E-state index contributed by atoms with van der Waals surface area (Å²) in [6.07, 6.45) is 0. The third-order valence-corrected chi connectivity index (χ3v) is 4.99. The third-order valence-electron chi connectivity index (χ3n) is 4.10. The Morgan fingerprint density at radius 2 is 1.79 bits per heavy atom. The van der Waals surface area contributed by atoms with Gasteiger partial charge in [-0.15, -0.1) is 11.3 Å². The number of halogens is 1. The van der Waals surface area contributed by atoms with Gasteiger partial charge in [-0.25, -0.2) is 9.37 Å². The number of carbonyl (C=O) groups excluding carboxylic acids is 2. The van der Waals surface area contributed by atoms with E-state index in [0.717, 1.165) is 10.6 Å². The quantitative estimate of drug-likeness (QED) is 0.615. The Morgan fingerprint density at radius 3 is 2.43 bits per heavy atom. The lowest BCUT2D eigenvalue weighted by Gasteiger charge is -2.08. The highest BCUT2D eigenvalue weighted by molar-refractivity contribution is 7.13. The van der Waals surface area contributed by atoms with E-state index in [-0.39, 0.29) is 11.4 Å². The van der Waals surface area contributed by atoms with E-state index in [1.807, 2.05) is 12.1 Å². The number of nitrogens with one attached hydrogen (secondary N) is 2. The van der Waals surface area contributed by atoms with E-state index in [1.54, 1.807) is 5.38 Å². The summed E-state index contributed by atoms with van der Waals surface area (Å²) in [4.78, 5) is 28.0. The first-order chi connectivity index (χ1) is 13.3. The largest absolute Gasteiger partial charge is 0.324 e. The highest BCUT2D eigenvalue weighted by Gasteiger charge is 2.14. The zero-order chi connectivity index (χ0) is 20.3. The van der Waals surface area contributed by atoms with Crippen molar-refractivity contribution >= 4 is 34.5 Å². The number of aromatic nitrogens is 1. The van der Waals surface area contributed by atoms with Gasteiger partial charge in [0.2, 0.25) is 5.91 Å². The minimum absolute atomic E-state index is 0.00880. The molecule has 5 nitrogen and oxygen atoms in total. The minimum atomic E-state index is -0.575. The van der Waals surface area contributed by atoms with Crippen molar-refractivity contribution in [1.29, 1.82) is 0 Å². The fourth-order valence-electron chi connectivity index (χ4n) is 2.60. The lowest BCUT2D eigenvalue weighted by Crippen LogP contribution is -2.13. The fraction of sp³-hybridized carbons (Fsp3) is 0.190. The Morgan fingerprint density at radius 1 is 1.07 bits per heavy atom. The average molecular weight is 397 g/mol. The van der Waals surface area contributed by atoms with Gasteiger partial charge in [0.05, 0.1) is 5.69 Å². The molecule has 1 aromatic heterocycles. The summed E-state index contributed by atoms with van der Waals surface area (Å²) in [6, 6.07) is 12.1. The van der Waals surface area contributed by atoms with Gasteiger partial charge in [-0.05, 0) is 29.7 Å². The lowest BCUT2D eigenvalue weighted by molar-refractivity contribution is -0.114. The van der Waals surface area contributed by atoms with E-state index in [2.05, 4.69) is 41.6 Å². The molecule has 0 atom stereocenters. The van der Waals surface area contributed by atoms with Gasteiger partial charge in [-0.2, -0.15) is 0 Å². The van der Waals surface area contributed by atoms with E-state index in [4.69, 9.17) is 0 Å². The number of rotatable bonds is 5. The molecule has 0 spiro atoms. The van der Waals surface area contributed by atoms with Gasteiger partial charge >= 0.3 is 0 Å². The van der Waals surface area contributed by atoms with Crippen LogP contribution in [0.15, 0.2) is 47.8 Å². The molecule has 0 radical (unpaired) electrons. The molecule has 3 rings (SSSR count). The molecule has 144 valence electrons. The normalized spacial score (nSPS) is 10.8. The molecule has 28 heavy (non-hydrogen) atoms. The summed E-state index contributed by atoms with van der Waals surface area (Å²) >= 11 is 1.38. The van der Waals surface area contributed by atoms with Crippen molar-refractivity contribution in [2.24, 2.45) is 0 Å². The molecule has 2 aromatic carbocycles. The molecule has 0 unspecified atom stereocenters. The molecule has 2 N–H and O–H groups in total. The van der Waals surface area contributed by atoms with Gasteiger partial charge in [-0.1, -0.05) is 38.1 Å². The number of thiazole rings is 1. The van der Waals surface area contributed by atoms with E-state index in [1.165, 1.54) is 42.0 Å². The van der Waals surface area contributed by atoms with Gasteiger partial charge in [0.25, 0.3) is 5.91 Å². The summed E-state index contributed by atoms with van der Waals surface area (Å²) in [6.45, 7) is 5.55. The molecule has 0 aliphatic heterocycles. The summed E-state index contributed by atoms with van der Waals surface area (Å²) < 4.78 is 13.7. The van der Waals surface area contributed by atoms with Crippen LogP contribution in [0.3, 0.4) is 0 Å². The van der Waals surface area contributed by atoms with Crippen LogP contribution >= 0.6 is 11.3 Å². The highest BCUT2D eigenvalue weighted by Crippen LogP contribution is 2.26. The molecule has 0 fully saturated rings. The molecular formula is C21H20FN3O2S. The summed E-state index contributed by atoms with van der Waals surface area (Å²) in [7, 11) is 0. The SMILES string of the molecule is CC(=O)Nc1cc(NC(=O)c2csc(-c3ccc(C(C)C)cc3)n2)ccc1F. The van der Waals surface area contributed by atoms with Crippen molar-refractivity contribution < 1.29 is 14.0 Å². The number of anilines is 2. The van der Waals surface area contributed by atoms with Crippen molar-refractivity contribution in [3.63, 3.8) is 0 Å². The Balaban J connectivity index is 1.75. The van der Waals surface area contributed by atoms with E-state index in [9.17, 15) is 14.0 Å². The Hall–Kier alpha value is -3.06. The van der Waals surface area contributed by atoms with Crippen LogP contribution < -0.4 is 10.6 Å². The highest BCUT2D eigenvalue weighted by atomic mass is 32.1. The van der Waals surface area contributed by atoms with E-state index >= 15 is 0 Å². The van der Waals surface area contributed by atoms with Gasteiger partial charge in [-0.3, -0.25) is 9.59 Å². The number of hydrogen-bond acceptors (Lipinski definition) is 4. The molecule has 0 saturated heterocycles. The second-order valence-corrected chi connectivity index (χ2v) is 7.50. The van der Waals surface area contributed by atoms with Crippen molar-refractivity contribution in [3.05, 3.63) is 64.9 Å². The van der Waals surface area contributed by atoms with Crippen molar-refractivity contribution in [3.8, 4) is 10.6 Å². The molecular weight excluding hydrogens is 377 g/mol. The van der Waals surface area contributed by atoms with Crippen LogP contribution in [0.4, 0.5) is 15.8 Å². The molecule has 0 saturated carbocycles. The first-order valence-corrected chi connectivity index (χ1v) is 9.66. The maximum atomic E-state index is 13.7. The van der Waals surface area contributed by atoms with Crippen LogP contribution in [0, 0.1) is 5.82 Å². The van der Waals surface area contributed by atoms with Crippen molar-refractivity contribution in [2.45, 2.75) is 26.7 Å². The van der Waals surface area contributed by atoms with Crippen LogP contribution in [-0.2, 0) is 4.79 Å². The van der Waals surface area contributed by atoms with Crippen LogP contribution in [0.2, 0.25) is 0 Å². The summed E-state index contributed by atoms with van der Waals surface area (Å²) in [5.41, 5.74) is 2.84. The third kappa shape index (κ3) is 4.61. The van der Waals surface area contributed by atoms with Crippen LogP contribution in [0.1, 0.15) is 42.7 Å². The summed E-state index contributed by atoms with van der Waals surface area (Å²) in [5.74, 6) is -0.921. The standard InChI is InChI=1S/C21H20FN3O2S/c1-12(2)14-4-6-15(7-5-14)21-25-19(11-28-21)20(27)24-16-8-9-17(22)18(10-16)23-13(3)26/h4-12H,1-3H3,(H,23,26)(H,24,27). The summed E-state index contributed by atoms with van der Waals surface area (Å²) in [5, 5.41) is 7.49. The second kappa shape index (κ2) is 8.31. The predicted octanol–water partition coefficient (Wildman–Crippen LogP) is 5.28. The predicted molar refractivity (Wildman–Crippen MR) is 110 cm³/mol. The van der Waals surface area contributed by atoms with Gasteiger partial charge in [0.15, 0.2) is 0 Å². The first-order valence-electron chi connectivity index (χ1n) is 8.78. The van der Waals surface area contributed by atoms with Crippen molar-refractivity contribution in [2.75, 3.05) is 10.6 Å². The Kier molecular flexibility index (Phi) is 5.84. The van der Waals surface area contributed by atoms with Gasteiger partial charge in [0.1, 0.15) is 16.5 Å². The molecule has 1 heterocycles. The van der Waals surface area contributed by atoms with Crippen LogP contribution in [0.25, 0.3) is 10.6 Å². The molecule has 0 aliphatic carbocycles. The molecule has 0 bridgehead atoms. The Labute approximate surface area is 166 Å². The zero-order valence-corrected chi connectivity index (χ0v) is 16.6. The minimum Gasteiger partial charge on any atom is -0.324 e. The second-order valence-electron chi connectivity index (χ2n) is 6.64. The van der Waals surface area contributed by atoms with Gasteiger partial charge < -0.3 is 10.6 Å². The molecule has 3 aromatic rings. The maximum Gasteiger partial charge on any atom is 0.275 e. The van der Waals surface area contributed by atoms with Crippen LogP contribution in [-0.4, -0.2) is 16.8 Å². The smallest absolute Gasteiger partial charge is 0.275 e. The fourth-order valence-corrected chi connectivity index (χ4v) is 3.41. The number of benzene rings is 2. The van der Waals surface area contributed by atoms with Gasteiger partial charge in [0, 0.05) is 23.6 Å². The lowest BCUT2D eigenvalue weighted by atomic mass is 10.0. The number of carbonyl (C=O) groups is 2. The number of hydrogen-bond donors (Lipinski definition) is 2. The molecule has 2 amide bonds. The molecule has 7 heteroatoms. The van der Waals surface area contributed by atoms with E-state index < -0.39 is 17.6 Å². The average Bonchev–Trinajstić information content (AvgIpc) is 3.14.